The molecule has 0 spiro atoms. The van der Waals surface area contributed by atoms with Gasteiger partial charge in [0.15, 0.2) is 17.3 Å². The lowest BCUT2D eigenvalue weighted by Gasteiger charge is -2.35. The summed E-state index contributed by atoms with van der Waals surface area (Å²) < 4.78 is 22.5. The van der Waals surface area contributed by atoms with Gasteiger partial charge in [-0.05, 0) is 35.9 Å². The van der Waals surface area contributed by atoms with E-state index in [2.05, 4.69) is 34.1 Å². The van der Waals surface area contributed by atoms with Crippen LogP contribution in [0.4, 0.5) is 0 Å². The molecule has 1 saturated heterocycles. The predicted octanol–water partition coefficient (Wildman–Crippen LogP) is 4.35. The lowest BCUT2D eigenvalue weighted by Crippen LogP contribution is -2.45. The molecule has 3 aromatic rings. The van der Waals surface area contributed by atoms with Gasteiger partial charge < -0.3 is 24.1 Å². The van der Waals surface area contributed by atoms with Crippen molar-refractivity contribution in [1.29, 1.82) is 0 Å². The first-order chi connectivity index (χ1) is 18.5. The molecule has 5 rings (SSSR count). The third kappa shape index (κ3) is 5.05. The molecule has 0 aromatic heterocycles. The van der Waals surface area contributed by atoms with Gasteiger partial charge in [-0.25, -0.2) is 0 Å². The minimum absolute atomic E-state index is 0.119. The Morgan fingerprint density at radius 3 is 2.18 bits per heavy atom. The molecule has 8 heteroatoms. The second kappa shape index (κ2) is 11.2. The van der Waals surface area contributed by atoms with Crippen molar-refractivity contribution in [3.8, 4) is 28.7 Å². The highest BCUT2D eigenvalue weighted by Gasteiger charge is 2.32. The van der Waals surface area contributed by atoms with Crippen LogP contribution in [0.25, 0.3) is 6.08 Å². The standard InChI is InChI=1S/C30H32N2O6/c1-35-25-12-9-21(28(36-2)30(25)37-3)17-26-27(34)22-10-11-24(33)23(29(22)38-26)19-32-15-13-31(14-16-32)18-20-7-5-4-6-8-20/h4-12,17,33H,13-16,18-19H2,1-3H3/b26-17-. The summed E-state index contributed by atoms with van der Waals surface area (Å²) in [6, 6.07) is 17.2. The Bertz CT molecular complexity index is 1350. The van der Waals surface area contributed by atoms with Crippen LogP contribution >= 0.6 is 0 Å². The molecular weight excluding hydrogens is 484 g/mol. The summed E-state index contributed by atoms with van der Waals surface area (Å²) in [5.41, 5.74) is 2.97. The number of aromatic hydroxyl groups is 1. The zero-order chi connectivity index (χ0) is 26.6. The number of hydrogen-bond donors (Lipinski definition) is 1. The first-order valence-electron chi connectivity index (χ1n) is 12.6. The quantitative estimate of drug-likeness (QED) is 0.443. The molecule has 2 aliphatic heterocycles. The summed E-state index contributed by atoms with van der Waals surface area (Å²) in [5, 5.41) is 10.7. The highest BCUT2D eigenvalue weighted by molar-refractivity contribution is 6.15. The molecule has 198 valence electrons. The number of phenols is 1. The number of phenolic OH excluding ortho intramolecular Hbond substituents is 1. The smallest absolute Gasteiger partial charge is 0.231 e. The second-order valence-corrected chi connectivity index (χ2v) is 9.34. The number of rotatable bonds is 8. The van der Waals surface area contributed by atoms with E-state index in [9.17, 15) is 9.90 Å². The number of carbonyl (C=O) groups excluding carboxylic acids is 1. The normalized spacial score (nSPS) is 16.8. The van der Waals surface area contributed by atoms with Crippen LogP contribution in [-0.4, -0.2) is 68.2 Å². The van der Waals surface area contributed by atoms with Gasteiger partial charge in [0.25, 0.3) is 0 Å². The fourth-order valence-corrected chi connectivity index (χ4v) is 5.00. The van der Waals surface area contributed by atoms with E-state index in [1.54, 1.807) is 37.5 Å². The molecule has 1 fully saturated rings. The van der Waals surface area contributed by atoms with Gasteiger partial charge in [0, 0.05) is 44.8 Å². The summed E-state index contributed by atoms with van der Waals surface area (Å²) in [4.78, 5) is 18.0. The molecule has 2 heterocycles. The number of piperazine rings is 1. The van der Waals surface area contributed by atoms with Crippen molar-refractivity contribution in [2.24, 2.45) is 0 Å². The number of allylic oxidation sites excluding steroid dienone is 1. The topological polar surface area (TPSA) is 80.7 Å². The Kier molecular flexibility index (Phi) is 7.53. The Balaban J connectivity index is 1.34. The maximum Gasteiger partial charge on any atom is 0.231 e. The Hall–Kier alpha value is -4.01. The van der Waals surface area contributed by atoms with E-state index in [0.29, 0.717) is 46.2 Å². The lowest BCUT2D eigenvalue weighted by molar-refractivity contribution is 0.101. The second-order valence-electron chi connectivity index (χ2n) is 9.34. The zero-order valence-corrected chi connectivity index (χ0v) is 21.9. The molecular formula is C30H32N2O6. The van der Waals surface area contributed by atoms with Gasteiger partial charge in [-0.1, -0.05) is 30.3 Å². The van der Waals surface area contributed by atoms with Crippen molar-refractivity contribution in [2.75, 3.05) is 47.5 Å². The van der Waals surface area contributed by atoms with Crippen LogP contribution in [0.5, 0.6) is 28.7 Å². The van der Waals surface area contributed by atoms with Crippen molar-refractivity contribution >= 4 is 11.9 Å². The zero-order valence-electron chi connectivity index (χ0n) is 21.9. The van der Waals surface area contributed by atoms with Gasteiger partial charge in [-0.3, -0.25) is 14.6 Å². The number of nitrogens with zero attached hydrogens (tertiary/aromatic N) is 2. The van der Waals surface area contributed by atoms with E-state index in [1.165, 1.54) is 19.8 Å². The predicted molar refractivity (Wildman–Crippen MR) is 144 cm³/mol. The van der Waals surface area contributed by atoms with Crippen LogP contribution in [-0.2, 0) is 13.1 Å². The van der Waals surface area contributed by atoms with Crippen LogP contribution in [0.3, 0.4) is 0 Å². The molecule has 38 heavy (non-hydrogen) atoms. The summed E-state index contributed by atoms with van der Waals surface area (Å²) in [6.07, 6.45) is 1.63. The van der Waals surface area contributed by atoms with Gasteiger partial charge >= 0.3 is 0 Å². The number of methoxy groups -OCH3 is 3. The molecule has 1 N–H and O–H groups in total. The SMILES string of the molecule is COc1ccc(/C=C2\Oc3c(ccc(O)c3CN3CCN(Cc4ccccc4)CC3)C2=O)c(OC)c1OC. The van der Waals surface area contributed by atoms with Crippen molar-refractivity contribution in [3.05, 3.63) is 82.6 Å². The summed E-state index contributed by atoms with van der Waals surface area (Å²) in [6.45, 7) is 4.98. The monoisotopic (exact) mass is 516 g/mol. The van der Waals surface area contributed by atoms with Gasteiger partial charge in [-0.15, -0.1) is 0 Å². The maximum absolute atomic E-state index is 13.3. The number of fused-ring (bicyclic) bond motifs is 1. The fraction of sp³-hybridized carbons (Fsp3) is 0.300. The van der Waals surface area contributed by atoms with Crippen LogP contribution in [0.15, 0.2) is 60.4 Å². The largest absolute Gasteiger partial charge is 0.507 e. The molecule has 8 nitrogen and oxygen atoms in total. The van der Waals surface area contributed by atoms with E-state index >= 15 is 0 Å². The number of benzene rings is 3. The number of Topliss-reactive ketones (excluding diaryl/α,β-unsaturated/α-hetero) is 1. The number of ether oxygens (including phenoxy) is 4. The van der Waals surface area contributed by atoms with E-state index in [4.69, 9.17) is 18.9 Å². The van der Waals surface area contributed by atoms with Gasteiger partial charge in [-0.2, -0.15) is 0 Å². The molecule has 0 saturated carbocycles. The molecule has 0 unspecified atom stereocenters. The molecule has 3 aromatic carbocycles. The first kappa shape index (κ1) is 25.6. The summed E-state index contributed by atoms with van der Waals surface area (Å²) in [7, 11) is 4.61. The van der Waals surface area contributed by atoms with Crippen LogP contribution in [0.1, 0.15) is 27.0 Å². The molecule has 0 atom stereocenters. The molecule has 2 aliphatic rings. The number of ketones is 1. The summed E-state index contributed by atoms with van der Waals surface area (Å²) >= 11 is 0. The van der Waals surface area contributed by atoms with Gasteiger partial charge in [0.2, 0.25) is 11.5 Å². The third-order valence-corrected chi connectivity index (χ3v) is 7.03. The summed E-state index contributed by atoms with van der Waals surface area (Å²) in [5.74, 6) is 1.82. The highest BCUT2D eigenvalue weighted by Crippen LogP contribution is 2.43. The van der Waals surface area contributed by atoms with Gasteiger partial charge in [0.1, 0.15) is 11.5 Å². The average Bonchev–Trinajstić information content (AvgIpc) is 3.26. The Morgan fingerprint density at radius 1 is 0.842 bits per heavy atom. The number of hydrogen-bond acceptors (Lipinski definition) is 8. The first-order valence-corrected chi connectivity index (χ1v) is 12.6. The van der Waals surface area contributed by atoms with Crippen molar-refractivity contribution in [2.45, 2.75) is 13.1 Å². The van der Waals surface area contributed by atoms with E-state index in [1.807, 2.05) is 6.07 Å². The van der Waals surface area contributed by atoms with E-state index in [-0.39, 0.29) is 17.3 Å². The fourth-order valence-electron chi connectivity index (χ4n) is 5.00. The van der Waals surface area contributed by atoms with Crippen LogP contribution < -0.4 is 18.9 Å². The van der Waals surface area contributed by atoms with Crippen molar-refractivity contribution in [3.63, 3.8) is 0 Å². The van der Waals surface area contributed by atoms with E-state index < -0.39 is 0 Å². The Morgan fingerprint density at radius 2 is 1.53 bits per heavy atom. The number of carbonyl (C=O) groups is 1. The molecule has 0 radical (unpaired) electrons. The molecule has 0 aliphatic carbocycles. The van der Waals surface area contributed by atoms with E-state index in [0.717, 1.165) is 32.7 Å². The van der Waals surface area contributed by atoms with Crippen molar-refractivity contribution < 1.29 is 28.8 Å². The van der Waals surface area contributed by atoms with Crippen LogP contribution in [0, 0.1) is 0 Å². The average molecular weight is 517 g/mol. The Labute approximate surface area is 222 Å². The minimum Gasteiger partial charge on any atom is -0.507 e. The van der Waals surface area contributed by atoms with Crippen molar-refractivity contribution in [1.82, 2.24) is 9.80 Å². The van der Waals surface area contributed by atoms with Crippen LogP contribution in [0.2, 0.25) is 0 Å². The minimum atomic E-state index is -0.245. The lowest BCUT2D eigenvalue weighted by atomic mass is 10.0. The van der Waals surface area contributed by atoms with Gasteiger partial charge in [0.05, 0.1) is 32.5 Å². The molecule has 0 amide bonds. The third-order valence-electron chi connectivity index (χ3n) is 7.03. The maximum atomic E-state index is 13.3. The highest BCUT2D eigenvalue weighted by atomic mass is 16.5. The molecule has 0 bridgehead atoms.